The minimum atomic E-state index is -4.29. The van der Waals surface area contributed by atoms with Gasteiger partial charge in [-0.05, 0) is 24.6 Å². The summed E-state index contributed by atoms with van der Waals surface area (Å²) >= 11 is 0.475. The van der Waals surface area contributed by atoms with E-state index in [2.05, 4.69) is 14.9 Å². The lowest BCUT2D eigenvalue weighted by atomic mass is 10.2. The Kier molecular flexibility index (Phi) is 5.23. The number of aromatic nitrogens is 3. The van der Waals surface area contributed by atoms with Crippen molar-refractivity contribution in [2.45, 2.75) is 30.0 Å². The molecule has 12 heteroatoms. The number of pyridine rings is 1. The largest absolute Gasteiger partial charge is 0.558 e. The fourth-order valence-electron chi connectivity index (χ4n) is 2.82. The van der Waals surface area contributed by atoms with E-state index >= 15 is 0 Å². The zero-order chi connectivity index (χ0) is 20.7. The van der Waals surface area contributed by atoms with Gasteiger partial charge in [0.15, 0.2) is 11.4 Å². The normalized spacial score (nSPS) is 12.1. The number of anilines is 1. The average Bonchev–Trinajstić information content (AvgIpc) is 3.02. The van der Waals surface area contributed by atoms with Gasteiger partial charge in [0.25, 0.3) is 10.0 Å². The fraction of sp³-hybridized carbons (Fsp3) is 0.188. The molecule has 0 radical (unpaired) electrons. The third-order valence-corrected chi connectivity index (χ3v) is 7.41. The van der Waals surface area contributed by atoms with Crippen LogP contribution >= 0.6 is 11.3 Å². The zero-order valence-electron chi connectivity index (χ0n) is 15.2. The van der Waals surface area contributed by atoms with Gasteiger partial charge in [-0.1, -0.05) is 11.3 Å². The standard InChI is InChI=1S/C16H17N5O4S3/c1-10-8-11(2)21(12(3)9-10)13-4-6-14(7-5-13)28(24,25)20-15-18-19-16(26-15)27(17,22)23/h4-9H,1-3H3,(H2-,17,18,20,22,23). The second-order valence-electron chi connectivity index (χ2n) is 6.13. The van der Waals surface area contributed by atoms with Crippen molar-refractivity contribution < 1.29 is 21.4 Å². The van der Waals surface area contributed by atoms with Gasteiger partial charge in [0.1, 0.15) is 10.0 Å². The number of aryl methyl sites for hydroxylation is 3. The molecular formula is C16H17N5O4S3. The highest BCUT2D eigenvalue weighted by Crippen LogP contribution is 2.24. The maximum absolute atomic E-state index is 12.5. The molecule has 0 aliphatic rings. The molecule has 9 nitrogen and oxygen atoms in total. The Morgan fingerprint density at radius 1 is 0.964 bits per heavy atom. The minimum absolute atomic E-state index is 0.00949. The van der Waals surface area contributed by atoms with Crippen LogP contribution in [0.5, 0.6) is 0 Å². The molecule has 0 fully saturated rings. The van der Waals surface area contributed by atoms with Crippen LogP contribution < -0.4 is 9.29 Å². The molecule has 0 unspecified atom stereocenters. The topological polar surface area (TPSA) is 134 Å². The van der Waals surface area contributed by atoms with Crippen molar-refractivity contribution >= 4 is 36.5 Å². The summed E-state index contributed by atoms with van der Waals surface area (Å²) in [5, 5.41) is 13.5. The number of hydrogen-bond acceptors (Lipinski definition) is 7. The predicted octanol–water partition coefficient (Wildman–Crippen LogP) is 2.28. The highest BCUT2D eigenvalue weighted by atomic mass is 32.2. The molecule has 0 bridgehead atoms. The quantitative estimate of drug-likeness (QED) is 0.606. The molecule has 2 N–H and O–H groups in total. The third-order valence-electron chi connectivity index (χ3n) is 3.84. The summed E-state index contributed by atoms with van der Waals surface area (Å²) in [6.45, 7) is 5.95. The summed E-state index contributed by atoms with van der Waals surface area (Å²) in [6, 6.07) is 10.3. The van der Waals surface area contributed by atoms with Gasteiger partial charge in [0, 0.05) is 38.1 Å². The van der Waals surface area contributed by atoms with Gasteiger partial charge in [0.05, 0.1) is 4.90 Å². The Morgan fingerprint density at radius 3 is 2.04 bits per heavy atom. The molecule has 2 aromatic heterocycles. The maximum Gasteiger partial charge on any atom is 0.263 e. The van der Waals surface area contributed by atoms with Crippen LogP contribution in [0.3, 0.4) is 0 Å². The SMILES string of the molecule is Cc1cc(C)[n+](-c2ccc(S(=O)(=O)Nc3nnc(S([NH-])(=O)=O)s3)cc2)c(C)c1. The number of nitrogens with one attached hydrogen (secondary N) is 2. The number of hydrogen-bond donors (Lipinski definition) is 1. The smallest absolute Gasteiger partial charge is 0.263 e. The fourth-order valence-corrected chi connectivity index (χ4v) is 5.35. The van der Waals surface area contributed by atoms with E-state index < -0.39 is 24.4 Å². The average molecular weight is 440 g/mol. The molecule has 2 heterocycles. The summed E-state index contributed by atoms with van der Waals surface area (Å²) in [6.07, 6.45) is 0. The summed E-state index contributed by atoms with van der Waals surface area (Å²) in [4.78, 5) is -0.00949. The van der Waals surface area contributed by atoms with E-state index in [0.29, 0.717) is 11.3 Å². The zero-order valence-corrected chi connectivity index (χ0v) is 17.6. The van der Waals surface area contributed by atoms with Crippen molar-refractivity contribution in [2.24, 2.45) is 0 Å². The number of benzene rings is 1. The summed E-state index contributed by atoms with van der Waals surface area (Å²) < 4.78 is 50.9. The predicted molar refractivity (Wildman–Crippen MR) is 104 cm³/mol. The van der Waals surface area contributed by atoms with Gasteiger partial charge in [-0.3, -0.25) is 4.72 Å². The Labute approximate surface area is 167 Å². The Bertz CT molecular complexity index is 1230. The molecule has 0 spiro atoms. The highest BCUT2D eigenvalue weighted by Gasteiger charge is 2.20. The molecule has 148 valence electrons. The molecule has 28 heavy (non-hydrogen) atoms. The van der Waals surface area contributed by atoms with E-state index in [1.54, 1.807) is 12.1 Å². The Morgan fingerprint density at radius 2 is 1.54 bits per heavy atom. The molecule has 3 rings (SSSR count). The lowest BCUT2D eigenvalue weighted by Gasteiger charge is -2.07. The van der Waals surface area contributed by atoms with Crippen LogP contribution in [0.2, 0.25) is 0 Å². The molecule has 0 atom stereocenters. The minimum Gasteiger partial charge on any atom is -0.558 e. The van der Waals surface area contributed by atoms with Gasteiger partial charge in [-0.15, -0.1) is 10.2 Å². The first-order chi connectivity index (χ1) is 13.0. The van der Waals surface area contributed by atoms with E-state index in [-0.39, 0.29) is 10.0 Å². The van der Waals surface area contributed by atoms with Crippen LogP contribution in [-0.4, -0.2) is 27.0 Å². The molecule has 1 aromatic carbocycles. The van der Waals surface area contributed by atoms with E-state index in [0.717, 1.165) is 22.6 Å². The lowest BCUT2D eigenvalue weighted by molar-refractivity contribution is -0.609. The Hall–Kier alpha value is -2.41. The van der Waals surface area contributed by atoms with Gasteiger partial charge in [-0.2, -0.15) is 4.57 Å². The van der Waals surface area contributed by atoms with Crippen molar-refractivity contribution in [2.75, 3.05) is 4.72 Å². The van der Waals surface area contributed by atoms with Crippen molar-refractivity contribution in [3.05, 3.63) is 58.5 Å². The lowest BCUT2D eigenvalue weighted by Crippen LogP contribution is -2.37. The first-order valence-electron chi connectivity index (χ1n) is 7.94. The van der Waals surface area contributed by atoms with Gasteiger partial charge in [0.2, 0.25) is 15.2 Å². The molecule has 0 saturated heterocycles. The Balaban J connectivity index is 1.89. The van der Waals surface area contributed by atoms with E-state index in [4.69, 9.17) is 5.14 Å². The number of rotatable bonds is 5. The van der Waals surface area contributed by atoms with Crippen LogP contribution in [0.25, 0.3) is 10.8 Å². The van der Waals surface area contributed by atoms with Crippen LogP contribution in [0.15, 0.2) is 45.6 Å². The monoisotopic (exact) mass is 439 g/mol. The molecule has 0 saturated carbocycles. The van der Waals surface area contributed by atoms with E-state index in [1.807, 2.05) is 37.5 Å². The molecular weight excluding hydrogens is 422 g/mol. The van der Waals surface area contributed by atoms with Crippen molar-refractivity contribution in [1.29, 1.82) is 0 Å². The van der Waals surface area contributed by atoms with Crippen LogP contribution in [0, 0.1) is 20.8 Å². The number of sulfonamides is 2. The summed E-state index contributed by atoms with van der Waals surface area (Å²) in [5.41, 5.74) is 3.99. The van der Waals surface area contributed by atoms with Crippen molar-refractivity contribution in [1.82, 2.24) is 10.2 Å². The van der Waals surface area contributed by atoms with Crippen LogP contribution in [-0.2, 0) is 20.0 Å². The molecule has 3 aromatic rings. The molecule has 0 amide bonds. The van der Waals surface area contributed by atoms with Crippen molar-refractivity contribution in [3.63, 3.8) is 0 Å². The van der Waals surface area contributed by atoms with E-state index in [1.165, 1.54) is 12.1 Å². The van der Waals surface area contributed by atoms with Gasteiger partial charge in [-0.25, -0.2) is 16.8 Å². The van der Waals surface area contributed by atoms with Gasteiger partial charge >= 0.3 is 0 Å². The second-order valence-corrected chi connectivity index (χ2v) is 10.4. The maximum atomic E-state index is 12.5. The molecule has 0 aliphatic heterocycles. The summed E-state index contributed by atoms with van der Waals surface area (Å²) in [5.74, 6) is 0. The third kappa shape index (κ3) is 4.19. The highest BCUT2D eigenvalue weighted by molar-refractivity contribution is 7.95. The van der Waals surface area contributed by atoms with Gasteiger partial charge < -0.3 is 5.14 Å². The number of nitrogens with zero attached hydrogens (tertiary/aromatic N) is 3. The first-order valence-corrected chi connectivity index (χ1v) is 11.7. The molecule has 0 aliphatic carbocycles. The van der Waals surface area contributed by atoms with Crippen molar-refractivity contribution in [3.8, 4) is 5.69 Å². The van der Waals surface area contributed by atoms with Crippen LogP contribution in [0.4, 0.5) is 5.13 Å². The van der Waals surface area contributed by atoms with E-state index in [9.17, 15) is 16.8 Å². The summed E-state index contributed by atoms with van der Waals surface area (Å²) in [7, 11) is -8.27. The second kappa shape index (κ2) is 7.20. The first kappa shape index (κ1) is 20.3. The van der Waals surface area contributed by atoms with Crippen LogP contribution in [0.1, 0.15) is 17.0 Å².